The Kier molecular flexibility index (Phi) is 7.11. The lowest BCUT2D eigenvalue weighted by molar-refractivity contribution is -0.123. The van der Waals surface area contributed by atoms with Crippen molar-refractivity contribution >= 4 is 15.9 Å². The maximum Gasteiger partial charge on any atom is 0.272 e. The van der Waals surface area contributed by atoms with Gasteiger partial charge in [-0.15, -0.1) is 4.83 Å². The summed E-state index contributed by atoms with van der Waals surface area (Å²) in [6.45, 7) is -0.324. The van der Waals surface area contributed by atoms with Gasteiger partial charge in [-0.05, 0) is 60.7 Å². The van der Waals surface area contributed by atoms with Crippen LogP contribution in [0.15, 0.2) is 53.4 Å². The maximum atomic E-state index is 12.4. The first kappa shape index (κ1) is 21.1. The van der Waals surface area contributed by atoms with Crippen LogP contribution < -0.4 is 19.7 Å². The van der Waals surface area contributed by atoms with E-state index in [-0.39, 0.29) is 11.5 Å². The van der Waals surface area contributed by atoms with E-state index in [9.17, 15) is 13.2 Å². The van der Waals surface area contributed by atoms with Crippen LogP contribution in [-0.2, 0) is 14.8 Å². The van der Waals surface area contributed by atoms with Gasteiger partial charge in [-0.1, -0.05) is 31.4 Å². The fourth-order valence-electron chi connectivity index (χ4n) is 3.40. The van der Waals surface area contributed by atoms with Gasteiger partial charge >= 0.3 is 0 Å². The van der Waals surface area contributed by atoms with Crippen molar-refractivity contribution in [2.45, 2.75) is 42.9 Å². The normalized spacial score (nSPS) is 14.9. The highest BCUT2D eigenvalue weighted by Gasteiger charge is 2.18. The van der Waals surface area contributed by atoms with Crippen LogP contribution in [0.1, 0.15) is 43.6 Å². The van der Waals surface area contributed by atoms with Gasteiger partial charge in [0.15, 0.2) is 6.61 Å². The lowest BCUT2D eigenvalue weighted by Crippen LogP contribution is -2.43. The summed E-state index contributed by atoms with van der Waals surface area (Å²) in [5.41, 5.74) is 3.33. The molecule has 29 heavy (non-hydrogen) atoms. The second kappa shape index (κ2) is 9.76. The molecular weight excluding hydrogens is 392 g/mol. The summed E-state index contributed by atoms with van der Waals surface area (Å²) < 4.78 is 35.1. The molecular formula is C21H26N2O5S. The van der Waals surface area contributed by atoms with Gasteiger partial charge in [-0.2, -0.15) is 0 Å². The van der Waals surface area contributed by atoms with Crippen LogP contribution in [0.5, 0.6) is 11.5 Å². The van der Waals surface area contributed by atoms with E-state index >= 15 is 0 Å². The number of hydrazine groups is 1. The Morgan fingerprint density at radius 2 is 1.59 bits per heavy atom. The molecule has 1 aliphatic rings. The quantitative estimate of drug-likeness (QED) is 0.643. The van der Waals surface area contributed by atoms with E-state index in [4.69, 9.17) is 9.47 Å². The Labute approximate surface area is 171 Å². The number of rotatable bonds is 8. The number of methoxy groups -OCH3 is 1. The predicted octanol–water partition coefficient (Wildman–Crippen LogP) is 3.13. The van der Waals surface area contributed by atoms with Crippen molar-refractivity contribution < 1.29 is 22.7 Å². The molecule has 0 radical (unpaired) electrons. The lowest BCUT2D eigenvalue weighted by atomic mass is 9.84. The third-order valence-corrected chi connectivity index (χ3v) is 6.28. The molecule has 0 atom stereocenters. The first-order valence-electron chi connectivity index (χ1n) is 9.65. The van der Waals surface area contributed by atoms with E-state index in [2.05, 4.69) is 10.3 Å². The minimum absolute atomic E-state index is 0.105. The zero-order valence-corrected chi connectivity index (χ0v) is 17.2. The molecule has 1 fully saturated rings. The van der Waals surface area contributed by atoms with Gasteiger partial charge in [0.2, 0.25) is 0 Å². The average molecular weight is 419 g/mol. The van der Waals surface area contributed by atoms with Gasteiger partial charge in [-0.3, -0.25) is 10.2 Å². The zero-order valence-electron chi connectivity index (χ0n) is 16.4. The highest BCUT2D eigenvalue weighted by atomic mass is 32.2. The maximum absolute atomic E-state index is 12.4. The van der Waals surface area contributed by atoms with Crippen molar-refractivity contribution in [3.63, 3.8) is 0 Å². The Bertz CT molecular complexity index is 905. The zero-order chi connectivity index (χ0) is 20.7. The first-order chi connectivity index (χ1) is 14.0. The van der Waals surface area contributed by atoms with E-state index in [0.29, 0.717) is 17.4 Å². The van der Waals surface area contributed by atoms with Gasteiger partial charge in [0.1, 0.15) is 11.5 Å². The Morgan fingerprint density at radius 1 is 0.966 bits per heavy atom. The van der Waals surface area contributed by atoms with Gasteiger partial charge in [0.25, 0.3) is 15.9 Å². The fraction of sp³-hybridized carbons (Fsp3) is 0.381. The molecule has 1 aliphatic carbocycles. The fourth-order valence-corrected chi connectivity index (χ4v) is 4.26. The van der Waals surface area contributed by atoms with Gasteiger partial charge in [0.05, 0.1) is 12.0 Å². The summed E-state index contributed by atoms with van der Waals surface area (Å²) in [6, 6.07) is 13.6. The largest absolute Gasteiger partial charge is 0.497 e. The summed E-state index contributed by atoms with van der Waals surface area (Å²) in [4.78, 5) is 14.1. The highest BCUT2D eigenvalue weighted by Crippen LogP contribution is 2.32. The van der Waals surface area contributed by atoms with Crippen molar-refractivity contribution in [2.24, 2.45) is 0 Å². The van der Waals surface area contributed by atoms with Crippen LogP contribution in [0.2, 0.25) is 0 Å². The number of carbonyl (C=O) groups excluding carboxylic acids is 1. The van der Waals surface area contributed by atoms with Crippen LogP contribution in [0.4, 0.5) is 0 Å². The van der Waals surface area contributed by atoms with Crippen molar-refractivity contribution in [1.29, 1.82) is 0 Å². The Hall–Kier alpha value is -2.58. The lowest BCUT2D eigenvalue weighted by Gasteiger charge is -2.22. The molecule has 0 bridgehead atoms. The highest BCUT2D eigenvalue weighted by molar-refractivity contribution is 7.89. The molecule has 0 saturated heterocycles. The van der Waals surface area contributed by atoms with Crippen molar-refractivity contribution in [2.75, 3.05) is 13.7 Å². The topological polar surface area (TPSA) is 93.7 Å². The summed E-state index contributed by atoms with van der Waals surface area (Å²) in [6.07, 6.45) is 6.01. The number of carbonyl (C=O) groups is 1. The summed E-state index contributed by atoms with van der Waals surface area (Å²) in [7, 11) is -2.29. The Balaban J connectivity index is 1.50. The number of ether oxygens (including phenoxy) is 2. The Morgan fingerprint density at radius 3 is 2.21 bits per heavy atom. The number of hydrogen-bond acceptors (Lipinski definition) is 5. The van der Waals surface area contributed by atoms with Crippen LogP contribution >= 0.6 is 0 Å². The van der Waals surface area contributed by atoms with E-state index < -0.39 is 15.9 Å². The van der Waals surface area contributed by atoms with E-state index in [1.165, 1.54) is 24.8 Å². The monoisotopic (exact) mass is 418 g/mol. The van der Waals surface area contributed by atoms with Crippen molar-refractivity contribution in [3.05, 3.63) is 54.1 Å². The van der Waals surface area contributed by atoms with Gasteiger partial charge in [0, 0.05) is 0 Å². The number of amides is 1. The van der Waals surface area contributed by atoms with Crippen molar-refractivity contribution in [1.82, 2.24) is 10.3 Å². The predicted molar refractivity (Wildman–Crippen MR) is 109 cm³/mol. The minimum Gasteiger partial charge on any atom is -0.497 e. The standard InChI is InChI=1S/C21H26N2O5S/c1-27-18-9-11-19(12-10-18)28-15-21(24)22-23-29(25,26)20-13-7-17(8-14-20)16-5-3-2-4-6-16/h7-14,16,23H,2-6,15H2,1H3,(H,22,24). The number of hydrogen-bond donors (Lipinski definition) is 2. The molecule has 0 heterocycles. The van der Waals surface area contributed by atoms with E-state index in [1.807, 2.05) is 12.1 Å². The number of sulfonamides is 1. The minimum atomic E-state index is -3.85. The van der Waals surface area contributed by atoms with Crippen molar-refractivity contribution in [3.8, 4) is 11.5 Å². The summed E-state index contributed by atoms with van der Waals surface area (Å²) in [5.74, 6) is 1.04. The molecule has 1 saturated carbocycles. The number of nitrogens with one attached hydrogen (secondary N) is 2. The molecule has 3 rings (SSSR count). The van der Waals surface area contributed by atoms with Crippen LogP contribution in [0.3, 0.4) is 0 Å². The van der Waals surface area contributed by atoms with E-state index in [0.717, 1.165) is 12.8 Å². The smallest absolute Gasteiger partial charge is 0.272 e. The molecule has 7 nitrogen and oxygen atoms in total. The van der Waals surface area contributed by atoms with Crippen LogP contribution in [0.25, 0.3) is 0 Å². The van der Waals surface area contributed by atoms with Gasteiger partial charge < -0.3 is 9.47 Å². The molecule has 0 spiro atoms. The number of benzene rings is 2. The van der Waals surface area contributed by atoms with Gasteiger partial charge in [-0.25, -0.2) is 8.42 Å². The van der Waals surface area contributed by atoms with E-state index in [1.54, 1.807) is 43.5 Å². The molecule has 0 aromatic heterocycles. The van der Waals surface area contributed by atoms with Crippen LogP contribution in [-0.4, -0.2) is 28.0 Å². The first-order valence-corrected chi connectivity index (χ1v) is 11.1. The SMILES string of the molecule is COc1ccc(OCC(=O)NNS(=O)(=O)c2ccc(C3CCCCC3)cc2)cc1. The van der Waals surface area contributed by atoms with Crippen LogP contribution in [0, 0.1) is 0 Å². The molecule has 2 aromatic carbocycles. The molecule has 2 aromatic rings. The average Bonchev–Trinajstić information content (AvgIpc) is 2.77. The molecule has 0 aliphatic heterocycles. The molecule has 0 unspecified atom stereocenters. The summed E-state index contributed by atoms with van der Waals surface area (Å²) >= 11 is 0. The second-order valence-electron chi connectivity index (χ2n) is 7.02. The third kappa shape index (κ3) is 5.95. The molecule has 2 N–H and O–H groups in total. The summed E-state index contributed by atoms with van der Waals surface area (Å²) in [5, 5.41) is 0. The third-order valence-electron chi connectivity index (χ3n) is 5.02. The second-order valence-corrected chi connectivity index (χ2v) is 8.70. The molecule has 8 heteroatoms. The molecule has 1 amide bonds. The molecule has 156 valence electrons.